The molecule has 0 saturated carbocycles. The summed E-state index contributed by atoms with van der Waals surface area (Å²) in [6.07, 6.45) is 3.16. The van der Waals surface area contributed by atoms with E-state index in [1.807, 2.05) is 24.3 Å². The van der Waals surface area contributed by atoms with Gasteiger partial charge in [0.2, 0.25) is 5.78 Å². The molecule has 1 aromatic heterocycles. The van der Waals surface area contributed by atoms with Crippen molar-refractivity contribution >= 4 is 11.8 Å². The summed E-state index contributed by atoms with van der Waals surface area (Å²) in [6, 6.07) is 14.4. The summed E-state index contributed by atoms with van der Waals surface area (Å²) in [6.45, 7) is 4.21. The molecular formula is C21H21N3O3. The Morgan fingerprint density at radius 2 is 1.63 bits per heavy atom. The van der Waals surface area contributed by atoms with Gasteiger partial charge in [-0.2, -0.15) is 5.10 Å². The second-order valence-electron chi connectivity index (χ2n) is 6.25. The van der Waals surface area contributed by atoms with Crippen LogP contribution in [0.25, 0.3) is 0 Å². The van der Waals surface area contributed by atoms with Crippen molar-refractivity contribution in [3.63, 3.8) is 0 Å². The molecule has 0 aliphatic rings. The SMILES string of the molecule is CCc1ccc(C(=O)C(C)OC(=O)c2ccc(Cn3cncn3)cc2)cc1. The number of ether oxygens (including phenoxy) is 1. The van der Waals surface area contributed by atoms with Gasteiger partial charge in [-0.1, -0.05) is 43.3 Å². The quantitative estimate of drug-likeness (QED) is 0.475. The predicted octanol–water partition coefficient (Wildman–Crippen LogP) is 3.32. The minimum atomic E-state index is -0.847. The van der Waals surface area contributed by atoms with E-state index in [1.165, 1.54) is 6.33 Å². The molecule has 6 heteroatoms. The van der Waals surface area contributed by atoms with E-state index in [1.54, 1.807) is 42.2 Å². The Hall–Kier alpha value is -3.28. The second kappa shape index (κ2) is 8.40. The molecule has 2 aromatic carbocycles. The van der Waals surface area contributed by atoms with Gasteiger partial charge in [0.25, 0.3) is 0 Å². The summed E-state index contributed by atoms with van der Waals surface area (Å²) in [5.74, 6) is -0.734. The average Bonchev–Trinajstić information content (AvgIpc) is 3.21. The van der Waals surface area contributed by atoms with Crippen molar-refractivity contribution in [2.75, 3.05) is 0 Å². The number of rotatable bonds is 7. The van der Waals surface area contributed by atoms with Crippen LogP contribution < -0.4 is 0 Å². The summed E-state index contributed by atoms with van der Waals surface area (Å²) in [5.41, 5.74) is 3.08. The van der Waals surface area contributed by atoms with Gasteiger partial charge >= 0.3 is 5.97 Å². The van der Waals surface area contributed by atoms with Crippen molar-refractivity contribution in [1.29, 1.82) is 0 Å². The van der Waals surface area contributed by atoms with Crippen LogP contribution in [0.5, 0.6) is 0 Å². The lowest BCUT2D eigenvalue weighted by Gasteiger charge is -2.13. The molecule has 0 N–H and O–H groups in total. The average molecular weight is 363 g/mol. The third kappa shape index (κ3) is 4.67. The van der Waals surface area contributed by atoms with Gasteiger partial charge in [0.1, 0.15) is 12.7 Å². The van der Waals surface area contributed by atoms with E-state index in [0.29, 0.717) is 17.7 Å². The number of carbonyl (C=O) groups is 2. The molecule has 0 aliphatic heterocycles. The van der Waals surface area contributed by atoms with Crippen molar-refractivity contribution in [2.45, 2.75) is 32.9 Å². The van der Waals surface area contributed by atoms with Gasteiger partial charge in [0.05, 0.1) is 12.1 Å². The van der Waals surface area contributed by atoms with Crippen LogP contribution in [0.3, 0.4) is 0 Å². The molecule has 6 nitrogen and oxygen atoms in total. The van der Waals surface area contributed by atoms with E-state index in [9.17, 15) is 9.59 Å². The number of Topliss-reactive ketones (excluding diaryl/α,β-unsaturated/α-hetero) is 1. The smallest absolute Gasteiger partial charge is 0.338 e. The standard InChI is InChI=1S/C21H21N3O3/c1-3-16-4-8-18(9-5-16)20(25)15(2)27-21(26)19-10-6-17(7-11-19)12-24-14-22-13-23-24/h4-11,13-15H,3,12H2,1-2H3. The highest BCUT2D eigenvalue weighted by molar-refractivity contribution is 6.01. The summed E-state index contributed by atoms with van der Waals surface area (Å²) in [7, 11) is 0. The highest BCUT2D eigenvalue weighted by Crippen LogP contribution is 2.12. The van der Waals surface area contributed by atoms with E-state index in [-0.39, 0.29) is 5.78 Å². The van der Waals surface area contributed by atoms with Crippen LogP contribution in [0.15, 0.2) is 61.2 Å². The van der Waals surface area contributed by atoms with Crippen LogP contribution in [0.1, 0.15) is 45.7 Å². The van der Waals surface area contributed by atoms with E-state index in [4.69, 9.17) is 4.74 Å². The van der Waals surface area contributed by atoms with Crippen molar-refractivity contribution < 1.29 is 14.3 Å². The number of ketones is 1. The first-order chi connectivity index (χ1) is 13.1. The molecule has 1 heterocycles. The monoisotopic (exact) mass is 363 g/mol. The zero-order valence-electron chi connectivity index (χ0n) is 15.3. The highest BCUT2D eigenvalue weighted by atomic mass is 16.5. The molecule has 27 heavy (non-hydrogen) atoms. The predicted molar refractivity (Wildman–Crippen MR) is 101 cm³/mol. The van der Waals surface area contributed by atoms with Gasteiger partial charge < -0.3 is 4.74 Å². The lowest BCUT2D eigenvalue weighted by Crippen LogP contribution is -2.24. The molecule has 0 fully saturated rings. The molecule has 0 aliphatic carbocycles. The Morgan fingerprint density at radius 1 is 1.00 bits per heavy atom. The number of aryl methyl sites for hydroxylation is 1. The summed E-state index contributed by atoms with van der Waals surface area (Å²) < 4.78 is 7.03. The Bertz CT molecular complexity index is 901. The second-order valence-corrected chi connectivity index (χ2v) is 6.25. The van der Waals surface area contributed by atoms with Crippen LogP contribution >= 0.6 is 0 Å². The van der Waals surface area contributed by atoms with Crippen molar-refractivity contribution in [3.05, 3.63) is 83.4 Å². The lowest BCUT2D eigenvalue weighted by molar-refractivity contribution is 0.0319. The first-order valence-electron chi connectivity index (χ1n) is 8.82. The number of carbonyl (C=O) groups excluding carboxylic acids is 2. The van der Waals surface area contributed by atoms with Gasteiger partial charge in [0.15, 0.2) is 6.10 Å². The summed E-state index contributed by atoms with van der Waals surface area (Å²) >= 11 is 0. The van der Waals surface area contributed by atoms with Gasteiger partial charge in [0, 0.05) is 5.56 Å². The van der Waals surface area contributed by atoms with Gasteiger partial charge in [-0.15, -0.1) is 0 Å². The Balaban J connectivity index is 1.60. The van der Waals surface area contributed by atoms with Crippen molar-refractivity contribution in [2.24, 2.45) is 0 Å². The summed E-state index contributed by atoms with van der Waals surface area (Å²) in [5, 5.41) is 4.04. The zero-order chi connectivity index (χ0) is 19.2. The topological polar surface area (TPSA) is 74.1 Å². The van der Waals surface area contributed by atoms with Crippen LogP contribution in [-0.2, 0) is 17.7 Å². The van der Waals surface area contributed by atoms with Crippen molar-refractivity contribution in [1.82, 2.24) is 14.8 Å². The number of benzene rings is 2. The minimum Gasteiger partial charge on any atom is -0.451 e. The number of hydrogen-bond donors (Lipinski definition) is 0. The fraction of sp³-hybridized carbons (Fsp3) is 0.238. The normalized spacial score (nSPS) is 11.8. The minimum absolute atomic E-state index is 0.214. The zero-order valence-corrected chi connectivity index (χ0v) is 15.3. The molecule has 3 rings (SSSR count). The maximum atomic E-state index is 12.5. The van der Waals surface area contributed by atoms with Crippen molar-refractivity contribution in [3.8, 4) is 0 Å². The van der Waals surface area contributed by atoms with E-state index in [2.05, 4.69) is 17.0 Å². The molecule has 0 spiro atoms. The first kappa shape index (κ1) is 18.5. The summed E-state index contributed by atoms with van der Waals surface area (Å²) in [4.78, 5) is 28.7. The Labute approximate surface area is 157 Å². The molecule has 0 saturated heterocycles. The van der Waals surface area contributed by atoms with E-state index in [0.717, 1.165) is 17.5 Å². The molecule has 0 radical (unpaired) electrons. The molecule has 1 atom stereocenters. The number of aromatic nitrogens is 3. The third-order valence-electron chi connectivity index (χ3n) is 4.30. The van der Waals surface area contributed by atoms with Gasteiger partial charge in [-0.05, 0) is 36.6 Å². The van der Waals surface area contributed by atoms with E-state index >= 15 is 0 Å². The number of nitrogens with zero attached hydrogens (tertiary/aromatic N) is 3. The molecule has 0 amide bonds. The molecular weight excluding hydrogens is 342 g/mol. The fourth-order valence-electron chi connectivity index (χ4n) is 2.67. The first-order valence-corrected chi connectivity index (χ1v) is 8.82. The van der Waals surface area contributed by atoms with Gasteiger partial charge in [-0.25, -0.2) is 14.5 Å². The largest absolute Gasteiger partial charge is 0.451 e. The number of esters is 1. The van der Waals surface area contributed by atoms with Crippen LogP contribution in [0, 0.1) is 0 Å². The molecule has 0 bridgehead atoms. The Morgan fingerprint density at radius 3 is 2.22 bits per heavy atom. The highest BCUT2D eigenvalue weighted by Gasteiger charge is 2.20. The maximum Gasteiger partial charge on any atom is 0.338 e. The fourth-order valence-corrected chi connectivity index (χ4v) is 2.67. The maximum absolute atomic E-state index is 12.5. The van der Waals surface area contributed by atoms with E-state index < -0.39 is 12.1 Å². The molecule has 138 valence electrons. The number of hydrogen-bond acceptors (Lipinski definition) is 5. The van der Waals surface area contributed by atoms with Gasteiger partial charge in [-0.3, -0.25) is 4.79 Å². The Kier molecular flexibility index (Phi) is 5.76. The molecule has 1 unspecified atom stereocenters. The third-order valence-corrected chi connectivity index (χ3v) is 4.30. The molecule has 3 aromatic rings. The van der Waals surface area contributed by atoms with Crippen LogP contribution in [-0.4, -0.2) is 32.6 Å². The van der Waals surface area contributed by atoms with Crippen LogP contribution in [0.4, 0.5) is 0 Å². The lowest BCUT2D eigenvalue weighted by atomic mass is 10.0. The van der Waals surface area contributed by atoms with Crippen LogP contribution in [0.2, 0.25) is 0 Å².